The van der Waals surface area contributed by atoms with Crippen molar-refractivity contribution in [1.82, 2.24) is 10.2 Å². The molecule has 44 heavy (non-hydrogen) atoms. The minimum atomic E-state index is -4.19. The van der Waals surface area contributed by atoms with Crippen molar-refractivity contribution >= 4 is 39.1 Å². The van der Waals surface area contributed by atoms with Gasteiger partial charge in [0.1, 0.15) is 12.6 Å². The van der Waals surface area contributed by atoms with Gasteiger partial charge in [0, 0.05) is 24.0 Å². The van der Waals surface area contributed by atoms with E-state index in [0.29, 0.717) is 11.4 Å². The summed E-state index contributed by atoms with van der Waals surface area (Å²) in [6.45, 7) is 5.28. The fourth-order valence-electron chi connectivity index (χ4n) is 4.76. The van der Waals surface area contributed by atoms with E-state index in [9.17, 15) is 18.0 Å². The number of rotatable bonds is 13. The maximum absolute atomic E-state index is 14.5. The summed E-state index contributed by atoms with van der Waals surface area (Å²) in [4.78, 5) is 29.8. The third-order valence-electron chi connectivity index (χ3n) is 7.52. The normalized spacial score (nSPS) is 12.6. The van der Waals surface area contributed by atoms with E-state index in [-0.39, 0.29) is 35.5 Å². The van der Waals surface area contributed by atoms with Gasteiger partial charge in [-0.05, 0) is 61.2 Å². The standard InChI is InChI=1S/C35H38ClN3O4S/c1-4-27(3)37-35(41)33(22-28-14-8-5-9-15-28)38(24-29-16-10-6-11-17-29)34(40)25-39(30-21-20-26(2)32(36)23-30)44(42,43)31-18-12-7-13-19-31/h5-21,23,27,33H,4,22,24-25H2,1-3H3,(H,37,41)/t27-,33-/m1/s1. The summed E-state index contributed by atoms with van der Waals surface area (Å²) in [6, 6.07) is 30.7. The molecule has 0 aromatic heterocycles. The minimum Gasteiger partial charge on any atom is -0.352 e. The summed E-state index contributed by atoms with van der Waals surface area (Å²) in [5.41, 5.74) is 2.71. The van der Waals surface area contributed by atoms with E-state index in [1.165, 1.54) is 17.0 Å². The minimum absolute atomic E-state index is 0.0365. The van der Waals surface area contributed by atoms with Crippen LogP contribution in [0, 0.1) is 6.92 Å². The molecule has 0 saturated heterocycles. The lowest BCUT2D eigenvalue weighted by atomic mass is 10.0. The first-order chi connectivity index (χ1) is 21.1. The Bertz CT molecular complexity index is 1650. The number of carbonyl (C=O) groups excluding carboxylic acids is 2. The Balaban J connectivity index is 1.80. The largest absolute Gasteiger partial charge is 0.352 e. The van der Waals surface area contributed by atoms with Gasteiger partial charge >= 0.3 is 0 Å². The highest BCUT2D eigenvalue weighted by Crippen LogP contribution is 2.29. The Labute approximate surface area is 265 Å². The van der Waals surface area contributed by atoms with Crippen molar-refractivity contribution in [3.8, 4) is 0 Å². The number of halogens is 1. The maximum atomic E-state index is 14.5. The number of hydrogen-bond acceptors (Lipinski definition) is 4. The average molecular weight is 632 g/mol. The smallest absolute Gasteiger partial charge is 0.264 e. The highest BCUT2D eigenvalue weighted by Gasteiger charge is 2.35. The van der Waals surface area contributed by atoms with Gasteiger partial charge in [0.15, 0.2) is 0 Å². The van der Waals surface area contributed by atoms with Crippen molar-refractivity contribution in [2.24, 2.45) is 0 Å². The Hall–Kier alpha value is -4.14. The lowest BCUT2D eigenvalue weighted by Crippen LogP contribution is -2.54. The van der Waals surface area contributed by atoms with Gasteiger partial charge in [-0.3, -0.25) is 13.9 Å². The first kappa shape index (κ1) is 32.8. The highest BCUT2D eigenvalue weighted by molar-refractivity contribution is 7.92. The van der Waals surface area contributed by atoms with Crippen LogP contribution in [-0.4, -0.2) is 43.8 Å². The molecule has 4 aromatic carbocycles. The van der Waals surface area contributed by atoms with Crippen LogP contribution in [0.25, 0.3) is 0 Å². The number of amides is 2. The molecule has 2 amide bonds. The Morgan fingerprint density at radius 1 is 0.841 bits per heavy atom. The Morgan fingerprint density at radius 3 is 1.98 bits per heavy atom. The van der Waals surface area contributed by atoms with E-state index in [0.717, 1.165) is 21.0 Å². The predicted molar refractivity (Wildman–Crippen MR) is 176 cm³/mol. The fourth-order valence-corrected chi connectivity index (χ4v) is 6.36. The van der Waals surface area contributed by atoms with E-state index < -0.39 is 28.5 Å². The number of nitrogens with zero attached hydrogens (tertiary/aromatic N) is 2. The van der Waals surface area contributed by atoms with Gasteiger partial charge in [0.05, 0.1) is 10.6 Å². The van der Waals surface area contributed by atoms with Crippen LogP contribution in [0.15, 0.2) is 114 Å². The van der Waals surface area contributed by atoms with Crippen molar-refractivity contribution in [3.63, 3.8) is 0 Å². The molecule has 0 bridgehead atoms. The molecule has 0 aliphatic rings. The molecule has 0 radical (unpaired) electrons. The first-order valence-electron chi connectivity index (χ1n) is 14.6. The molecule has 7 nitrogen and oxygen atoms in total. The third kappa shape index (κ3) is 8.27. The van der Waals surface area contributed by atoms with Crippen LogP contribution in [0.1, 0.15) is 37.0 Å². The summed E-state index contributed by atoms with van der Waals surface area (Å²) >= 11 is 6.44. The number of benzene rings is 4. The van der Waals surface area contributed by atoms with E-state index in [1.807, 2.05) is 81.4 Å². The molecule has 9 heteroatoms. The molecular weight excluding hydrogens is 594 g/mol. The quantitative estimate of drug-likeness (QED) is 0.185. The third-order valence-corrected chi connectivity index (χ3v) is 9.72. The van der Waals surface area contributed by atoms with Crippen LogP contribution in [0.2, 0.25) is 5.02 Å². The number of anilines is 1. The van der Waals surface area contributed by atoms with Crippen LogP contribution in [0.4, 0.5) is 5.69 Å². The average Bonchev–Trinajstić information content (AvgIpc) is 3.04. The number of hydrogen-bond donors (Lipinski definition) is 1. The van der Waals surface area contributed by atoms with Crippen molar-refractivity contribution < 1.29 is 18.0 Å². The van der Waals surface area contributed by atoms with Crippen LogP contribution < -0.4 is 9.62 Å². The topological polar surface area (TPSA) is 86.8 Å². The van der Waals surface area contributed by atoms with Gasteiger partial charge in [-0.15, -0.1) is 0 Å². The summed E-state index contributed by atoms with van der Waals surface area (Å²) in [5.74, 6) is -0.825. The molecule has 0 aliphatic carbocycles. The van der Waals surface area contributed by atoms with Crippen LogP contribution >= 0.6 is 11.6 Å². The predicted octanol–water partition coefficient (Wildman–Crippen LogP) is 6.40. The maximum Gasteiger partial charge on any atom is 0.264 e. The lowest BCUT2D eigenvalue weighted by Gasteiger charge is -2.34. The van der Waals surface area contributed by atoms with Crippen molar-refractivity contribution in [2.45, 2.75) is 57.1 Å². The molecule has 0 saturated carbocycles. The van der Waals surface area contributed by atoms with E-state index >= 15 is 0 Å². The van der Waals surface area contributed by atoms with Gasteiger partial charge in [0.25, 0.3) is 10.0 Å². The van der Waals surface area contributed by atoms with Crippen molar-refractivity contribution in [2.75, 3.05) is 10.8 Å². The molecule has 4 aromatic rings. The summed E-state index contributed by atoms with van der Waals surface area (Å²) in [7, 11) is -4.19. The number of sulfonamides is 1. The molecule has 4 rings (SSSR count). The molecule has 0 fully saturated rings. The number of carbonyl (C=O) groups is 2. The molecule has 230 valence electrons. The number of aryl methyl sites for hydroxylation is 1. The SMILES string of the molecule is CC[C@@H](C)NC(=O)[C@@H](Cc1ccccc1)N(Cc1ccccc1)C(=O)CN(c1ccc(C)c(Cl)c1)S(=O)(=O)c1ccccc1. The van der Waals surface area contributed by atoms with Crippen LogP contribution in [-0.2, 0) is 32.6 Å². The van der Waals surface area contributed by atoms with Gasteiger partial charge in [-0.1, -0.05) is 103 Å². The second-order valence-corrected chi connectivity index (χ2v) is 13.1. The first-order valence-corrected chi connectivity index (χ1v) is 16.4. The summed E-state index contributed by atoms with van der Waals surface area (Å²) < 4.78 is 29.2. The molecule has 0 heterocycles. The Morgan fingerprint density at radius 2 is 1.41 bits per heavy atom. The monoisotopic (exact) mass is 631 g/mol. The molecule has 0 aliphatic heterocycles. The van der Waals surface area contributed by atoms with Crippen molar-refractivity contribution in [3.05, 3.63) is 131 Å². The van der Waals surface area contributed by atoms with E-state index in [1.54, 1.807) is 36.4 Å². The summed E-state index contributed by atoms with van der Waals surface area (Å²) in [6.07, 6.45) is 0.969. The molecule has 1 N–H and O–H groups in total. The number of nitrogens with one attached hydrogen (secondary N) is 1. The van der Waals surface area contributed by atoms with Gasteiger partial charge < -0.3 is 10.2 Å². The zero-order valence-electron chi connectivity index (χ0n) is 25.2. The van der Waals surface area contributed by atoms with E-state index in [4.69, 9.17) is 11.6 Å². The zero-order chi connectivity index (χ0) is 31.7. The van der Waals surface area contributed by atoms with Gasteiger partial charge in [0.2, 0.25) is 11.8 Å². The summed E-state index contributed by atoms with van der Waals surface area (Å²) in [5, 5.41) is 3.42. The molecule has 0 spiro atoms. The Kier molecular flexibility index (Phi) is 11.2. The highest BCUT2D eigenvalue weighted by atomic mass is 35.5. The molecule has 2 atom stereocenters. The van der Waals surface area contributed by atoms with Gasteiger partial charge in [-0.2, -0.15) is 0 Å². The lowest BCUT2D eigenvalue weighted by molar-refractivity contribution is -0.140. The van der Waals surface area contributed by atoms with Crippen LogP contribution in [0.3, 0.4) is 0 Å². The van der Waals surface area contributed by atoms with Gasteiger partial charge in [-0.25, -0.2) is 8.42 Å². The molecule has 0 unspecified atom stereocenters. The molecular formula is C35H38ClN3O4S. The fraction of sp³-hybridized carbons (Fsp3) is 0.257. The zero-order valence-corrected chi connectivity index (χ0v) is 26.8. The van der Waals surface area contributed by atoms with E-state index in [2.05, 4.69) is 5.32 Å². The second kappa shape index (κ2) is 15.0. The van der Waals surface area contributed by atoms with Crippen LogP contribution in [0.5, 0.6) is 0 Å². The second-order valence-electron chi connectivity index (χ2n) is 10.8. The van der Waals surface area contributed by atoms with Crippen molar-refractivity contribution in [1.29, 1.82) is 0 Å².